The lowest BCUT2D eigenvalue weighted by Crippen LogP contribution is -2.08. The lowest BCUT2D eigenvalue weighted by Gasteiger charge is -2.22. The van der Waals surface area contributed by atoms with Gasteiger partial charge in [0.05, 0.1) is 0 Å². The quantitative estimate of drug-likeness (QED) is 0.516. The molecule has 0 amide bonds. The summed E-state index contributed by atoms with van der Waals surface area (Å²) in [4.78, 5) is 0. The largest absolute Gasteiger partial charge is 0.0776 e. The van der Waals surface area contributed by atoms with Gasteiger partial charge < -0.3 is 0 Å². The fourth-order valence-electron chi connectivity index (χ4n) is 0.901. The van der Waals surface area contributed by atoms with Gasteiger partial charge in [-0.25, -0.2) is 0 Å². The van der Waals surface area contributed by atoms with Crippen molar-refractivity contribution in [2.24, 2.45) is 5.92 Å². The van der Waals surface area contributed by atoms with Crippen molar-refractivity contribution in [1.29, 1.82) is 0 Å². The molecule has 1 fully saturated rings. The van der Waals surface area contributed by atoms with E-state index in [0.29, 0.717) is 0 Å². The molecule has 64 valence electrons. The van der Waals surface area contributed by atoms with Crippen LogP contribution in [0.3, 0.4) is 0 Å². The highest BCUT2D eigenvalue weighted by molar-refractivity contribution is 4.66. The molecule has 0 nitrogen and oxygen atoms in total. The molecular formula is C10H24. The second-order valence-corrected chi connectivity index (χ2v) is 2.91. The average molecular weight is 144 g/mol. The first kappa shape index (κ1) is 12.7. The van der Waals surface area contributed by atoms with E-state index in [1.807, 2.05) is 0 Å². The van der Waals surface area contributed by atoms with E-state index in [9.17, 15) is 0 Å². The summed E-state index contributed by atoms with van der Waals surface area (Å²) >= 11 is 0. The molecule has 0 bridgehead atoms. The van der Waals surface area contributed by atoms with Crippen LogP contribution in [0.1, 0.15) is 60.3 Å². The van der Waals surface area contributed by atoms with Crippen LogP contribution in [0.4, 0.5) is 0 Å². The van der Waals surface area contributed by atoms with E-state index < -0.39 is 0 Å². The predicted octanol–water partition coefficient (Wildman–Crippen LogP) is 4.25. The third-order valence-electron chi connectivity index (χ3n) is 1.80. The first-order valence-electron chi connectivity index (χ1n) is 4.35. The maximum atomic E-state index is 2.28. The maximum absolute atomic E-state index is 2.28. The molecule has 0 aromatic carbocycles. The molecule has 0 unspecified atom stereocenters. The summed E-state index contributed by atoms with van der Waals surface area (Å²) in [5.41, 5.74) is 0. The van der Waals surface area contributed by atoms with Crippen LogP contribution in [0.25, 0.3) is 0 Å². The summed E-state index contributed by atoms with van der Waals surface area (Å²) in [7, 11) is 0. The van der Waals surface area contributed by atoms with Crippen LogP contribution < -0.4 is 0 Å². The van der Waals surface area contributed by atoms with Crippen molar-refractivity contribution in [1.82, 2.24) is 0 Å². The molecule has 1 saturated carbocycles. The zero-order valence-corrected chi connectivity index (χ0v) is 7.11. The van der Waals surface area contributed by atoms with E-state index in [2.05, 4.69) is 20.8 Å². The van der Waals surface area contributed by atoms with Gasteiger partial charge in [-0.3, -0.25) is 0 Å². The van der Waals surface area contributed by atoms with Crippen LogP contribution in [-0.4, -0.2) is 0 Å². The molecular weight excluding hydrogens is 120 g/mol. The summed E-state index contributed by atoms with van der Waals surface area (Å²) in [6.45, 7) is 6.53. The van der Waals surface area contributed by atoms with Gasteiger partial charge in [-0.2, -0.15) is 0 Å². The van der Waals surface area contributed by atoms with Crippen LogP contribution in [-0.2, 0) is 0 Å². The minimum atomic E-state index is 0. The van der Waals surface area contributed by atoms with Crippen LogP contribution in [0.5, 0.6) is 0 Å². The molecule has 0 radical (unpaired) electrons. The van der Waals surface area contributed by atoms with Gasteiger partial charge in [0.15, 0.2) is 0 Å². The average Bonchev–Trinajstić information content (AvgIpc) is 1.64. The van der Waals surface area contributed by atoms with Gasteiger partial charge in [-0.1, -0.05) is 60.3 Å². The highest BCUT2D eigenvalue weighted by atomic mass is 14.2. The van der Waals surface area contributed by atoms with E-state index in [-0.39, 0.29) is 7.43 Å². The highest BCUT2D eigenvalue weighted by Crippen LogP contribution is 2.28. The monoisotopic (exact) mass is 144 g/mol. The summed E-state index contributed by atoms with van der Waals surface area (Å²) < 4.78 is 0. The molecule has 1 aliphatic rings. The van der Waals surface area contributed by atoms with E-state index in [0.717, 1.165) is 5.92 Å². The van der Waals surface area contributed by atoms with Crippen LogP contribution in [0.15, 0.2) is 0 Å². The Hall–Kier alpha value is 0. The summed E-state index contributed by atoms with van der Waals surface area (Å²) in [6.07, 6.45) is 7.19. The first-order chi connectivity index (χ1) is 4.35. The van der Waals surface area contributed by atoms with E-state index in [4.69, 9.17) is 0 Å². The standard InChI is InChI=1S/C6H12.C3H8.CH4/c1-2-6-4-3-5-6;1-3-2;/h6H,2-5H2,1H3;3H2,1-2H3;1H4. The summed E-state index contributed by atoms with van der Waals surface area (Å²) in [6, 6.07) is 0. The van der Waals surface area contributed by atoms with Gasteiger partial charge in [-0.05, 0) is 5.92 Å². The Morgan fingerprint density at radius 3 is 1.50 bits per heavy atom. The SMILES string of the molecule is C.CCC.CCC1CCC1. The van der Waals surface area contributed by atoms with Crippen LogP contribution >= 0.6 is 0 Å². The predicted molar refractivity (Wildman–Crippen MR) is 50.3 cm³/mol. The Kier molecular flexibility index (Phi) is 11.4. The topological polar surface area (TPSA) is 0 Å². The van der Waals surface area contributed by atoms with Gasteiger partial charge >= 0.3 is 0 Å². The Morgan fingerprint density at radius 1 is 1.10 bits per heavy atom. The molecule has 1 rings (SSSR count). The summed E-state index contributed by atoms with van der Waals surface area (Å²) in [5.74, 6) is 1.12. The third-order valence-corrected chi connectivity index (χ3v) is 1.80. The van der Waals surface area contributed by atoms with Crippen molar-refractivity contribution in [3.05, 3.63) is 0 Å². The minimum absolute atomic E-state index is 0. The third kappa shape index (κ3) is 6.12. The second-order valence-electron chi connectivity index (χ2n) is 2.91. The molecule has 0 aromatic heterocycles. The zero-order chi connectivity index (χ0) is 7.11. The van der Waals surface area contributed by atoms with E-state index in [1.165, 1.54) is 32.1 Å². The van der Waals surface area contributed by atoms with E-state index >= 15 is 0 Å². The fourth-order valence-corrected chi connectivity index (χ4v) is 0.901. The molecule has 0 N–H and O–H groups in total. The second kappa shape index (κ2) is 9.00. The summed E-state index contributed by atoms with van der Waals surface area (Å²) in [5, 5.41) is 0. The maximum Gasteiger partial charge on any atom is -0.0417 e. The van der Waals surface area contributed by atoms with Gasteiger partial charge in [0.1, 0.15) is 0 Å². The van der Waals surface area contributed by atoms with Gasteiger partial charge in [0, 0.05) is 0 Å². The normalized spacial score (nSPS) is 15.9. The fraction of sp³-hybridized carbons (Fsp3) is 1.00. The molecule has 0 atom stereocenters. The van der Waals surface area contributed by atoms with Crippen molar-refractivity contribution in [2.75, 3.05) is 0 Å². The molecule has 0 heteroatoms. The lowest BCUT2D eigenvalue weighted by molar-refractivity contribution is 0.307. The Bertz CT molecular complexity index is 41.2. The minimum Gasteiger partial charge on any atom is -0.0776 e. The van der Waals surface area contributed by atoms with Crippen molar-refractivity contribution >= 4 is 0 Å². The van der Waals surface area contributed by atoms with E-state index in [1.54, 1.807) is 0 Å². The molecule has 0 aromatic rings. The molecule has 0 heterocycles. The Morgan fingerprint density at radius 2 is 1.50 bits per heavy atom. The first-order valence-corrected chi connectivity index (χ1v) is 4.35. The molecule has 0 aliphatic heterocycles. The lowest BCUT2D eigenvalue weighted by atomic mass is 9.84. The van der Waals surface area contributed by atoms with Crippen molar-refractivity contribution in [3.63, 3.8) is 0 Å². The highest BCUT2D eigenvalue weighted by Gasteiger charge is 2.13. The van der Waals surface area contributed by atoms with Crippen LogP contribution in [0.2, 0.25) is 0 Å². The van der Waals surface area contributed by atoms with Crippen molar-refractivity contribution < 1.29 is 0 Å². The number of hydrogen-bond acceptors (Lipinski definition) is 0. The Labute approximate surface area is 67.0 Å². The smallest absolute Gasteiger partial charge is 0.0417 e. The van der Waals surface area contributed by atoms with Gasteiger partial charge in [0.25, 0.3) is 0 Å². The van der Waals surface area contributed by atoms with Crippen LogP contribution in [0, 0.1) is 5.92 Å². The zero-order valence-electron chi connectivity index (χ0n) is 7.11. The van der Waals surface area contributed by atoms with Crippen molar-refractivity contribution in [2.45, 2.75) is 60.3 Å². The van der Waals surface area contributed by atoms with Gasteiger partial charge in [-0.15, -0.1) is 0 Å². The Balaban J connectivity index is 0. The number of rotatable bonds is 1. The van der Waals surface area contributed by atoms with Gasteiger partial charge in [0.2, 0.25) is 0 Å². The molecule has 1 aliphatic carbocycles. The molecule has 10 heavy (non-hydrogen) atoms. The van der Waals surface area contributed by atoms with Crippen molar-refractivity contribution in [3.8, 4) is 0 Å². The molecule has 0 saturated heterocycles. The number of hydrogen-bond donors (Lipinski definition) is 0. The molecule has 0 spiro atoms.